The van der Waals surface area contributed by atoms with Crippen LogP contribution in [0.1, 0.15) is 5.56 Å². The summed E-state index contributed by atoms with van der Waals surface area (Å²) in [4.78, 5) is 14.6. The van der Waals surface area contributed by atoms with Gasteiger partial charge in [-0.1, -0.05) is 18.2 Å². The lowest BCUT2D eigenvalue weighted by molar-refractivity contribution is -0.137. The van der Waals surface area contributed by atoms with Crippen molar-refractivity contribution in [2.75, 3.05) is 0 Å². The third-order valence-electron chi connectivity index (χ3n) is 1.97. The van der Waals surface area contributed by atoms with Crippen molar-refractivity contribution in [3.8, 4) is 0 Å². The van der Waals surface area contributed by atoms with Crippen molar-refractivity contribution in [3.63, 3.8) is 0 Å². The van der Waals surface area contributed by atoms with Gasteiger partial charge < -0.3 is 10.4 Å². The van der Waals surface area contributed by atoms with E-state index in [-0.39, 0.29) is 0 Å². The first kappa shape index (κ1) is 12.0. The number of carboxylic acid groups (broad SMARTS) is 1. The number of nitrogens with zero attached hydrogens (tertiary/aromatic N) is 1. The third kappa shape index (κ3) is 3.96. The number of hydrogen-bond donors (Lipinski definition) is 2. The van der Waals surface area contributed by atoms with Crippen molar-refractivity contribution in [2.24, 2.45) is 0 Å². The van der Waals surface area contributed by atoms with Gasteiger partial charge in [-0.25, -0.2) is 4.79 Å². The lowest BCUT2D eigenvalue weighted by Crippen LogP contribution is -2.30. The zero-order chi connectivity index (χ0) is 11.8. The van der Waals surface area contributed by atoms with Crippen molar-refractivity contribution < 1.29 is 9.90 Å². The molecule has 0 aliphatic rings. The van der Waals surface area contributed by atoms with Crippen LogP contribution in [0.3, 0.4) is 0 Å². The predicted molar refractivity (Wildman–Crippen MR) is 61.8 cm³/mol. The predicted octanol–water partition coefficient (Wildman–Crippen LogP) is 1.37. The minimum absolute atomic E-state index is 0.713. The van der Waals surface area contributed by atoms with Crippen LogP contribution in [-0.2, 0) is 11.2 Å². The highest BCUT2D eigenvalue weighted by atomic mass is 16.4. The molecular weight excluding hydrogens is 204 g/mol. The van der Waals surface area contributed by atoms with E-state index < -0.39 is 12.0 Å². The number of rotatable bonds is 6. The second-order valence-electron chi connectivity index (χ2n) is 3.19. The minimum atomic E-state index is -0.943. The molecule has 4 heteroatoms. The van der Waals surface area contributed by atoms with Crippen LogP contribution in [0, 0.1) is 0 Å². The standard InChI is InChI=1S/C12H14N2O2/c1-2-11(12(15)16)14-8-4-6-10-5-3-7-13-9-10/h2-5,7-9,11,14H,1,6H2,(H,15,16). The molecule has 1 atom stereocenters. The van der Waals surface area contributed by atoms with Gasteiger partial charge in [0.15, 0.2) is 0 Å². The molecule has 0 fully saturated rings. The highest BCUT2D eigenvalue weighted by Gasteiger charge is 2.08. The van der Waals surface area contributed by atoms with E-state index in [0.29, 0.717) is 6.42 Å². The van der Waals surface area contributed by atoms with Gasteiger partial charge >= 0.3 is 5.97 Å². The van der Waals surface area contributed by atoms with Gasteiger partial charge in [0.05, 0.1) is 0 Å². The average molecular weight is 218 g/mol. The van der Waals surface area contributed by atoms with Crippen LogP contribution in [0.4, 0.5) is 0 Å². The third-order valence-corrected chi connectivity index (χ3v) is 1.97. The molecule has 1 aromatic rings. The number of hydrogen-bond acceptors (Lipinski definition) is 3. The summed E-state index contributed by atoms with van der Waals surface area (Å²) >= 11 is 0. The Hall–Kier alpha value is -2.10. The Balaban J connectivity index is 2.38. The Kier molecular flexibility index (Phi) is 4.79. The summed E-state index contributed by atoms with van der Waals surface area (Å²) in [6.45, 7) is 3.43. The van der Waals surface area contributed by atoms with Crippen LogP contribution in [0.15, 0.2) is 49.5 Å². The zero-order valence-electron chi connectivity index (χ0n) is 8.84. The molecule has 1 unspecified atom stereocenters. The second-order valence-corrected chi connectivity index (χ2v) is 3.19. The number of carbonyl (C=O) groups is 1. The molecule has 0 saturated heterocycles. The molecule has 0 aromatic carbocycles. The van der Waals surface area contributed by atoms with E-state index in [1.165, 1.54) is 6.08 Å². The van der Waals surface area contributed by atoms with E-state index in [1.54, 1.807) is 18.6 Å². The van der Waals surface area contributed by atoms with Crippen molar-refractivity contribution in [1.29, 1.82) is 0 Å². The summed E-state index contributed by atoms with van der Waals surface area (Å²) < 4.78 is 0. The number of aromatic nitrogens is 1. The molecule has 2 N–H and O–H groups in total. The zero-order valence-corrected chi connectivity index (χ0v) is 8.84. The smallest absolute Gasteiger partial charge is 0.330 e. The maximum atomic E-state index is 10.6. The highest BCUT2D eigenvalue weighted by molar-refractivity contribution is 5.75. The van der Waals surface area contributed by atoms with Gasteiger partial charge in [0.25, 0.3) is 0 Å². The van der Waals surface area contributed by atoms with Crippen LogP contribution in [0.5, 0.6) is 0 Å². The lowest BCUT2D eigenvalue weighted by atomic mass is 10.2. The van der Waals surface area contributed by atoms with E-state index in [9.17, 15) is 4.79 Å². The number of pyridine rings is 1. The maximum absolute atomic E-state index is 10.6. The van der Waals surface area contributed by atoms with Crippen LogP contribution >= 0.6 is 0 Å². The molecule has 0 saturated carbocycles. The van der Waals surface area contributed by atoms with Crippen LogP contribution in [0.25, 0.3) is 0 Å². The molecular formula is C12H14N2O2. The van der Waals surface area contributed by atoms with Crippen molar-refractivity contribution in [1.82, 2.24) is 10.3 Å². The molecule has 1 rings (SSSR count). The Morgan fingerprint density at radius 1 is 1.69 bits per heavy atom. The van der Waals surface area contributed by atoms with Gasteiger partial charge in [0.1, 0.15) is 6.04 Å². The van der Waals surface area contributed by atoms with Crippen LogP contribution in [0.2, 0.25) is 0 Å². The van der Waals surface area contributed by atoms with Crippen LogP contribution in [-0.4, -0.2) is 22.1 Å². The first-order chi connectivity index (χ1) is 7.74. The van der Waals surface area contributed by atoms with E-state index >= 15 is 0 Å². The minimum Gasteiger partial charge on any atom is -0.479 e. The largest absolute Gasteiger partial charge is 0.479 e. The molecule has 0 radical (unpaired) electrons. The quantitative estimate of drug-likeness (QED) is 0.708. The Morgan fingerprint density at radius 3 is 3.06 bits per heavy atom. The molecule has 4 nitrogen and oxygen atoms in total. The molecule has 0 aliphatic carbocycles. The monoisotopic (exact) mass is 218 g/mol. The molecule has 16 heavy (non-hydrogen) atoms. The van der Waals surface area contributed by atoms with Crippen molar-refractivity contribution in [3.05, 3.63) is 55.0 Å². The number of carboxylic acids is 1. The van der Waals surface area contributed by atoms with Crippen molar-refractivity contribution >= 4 is 5.97 Å². The van der Waals surface area contributed by atoms with E-state index in [4.69, 9.17) is 5.11 Å². The second kappa shape index (κ2) is 6.40. The first-order valence-electron chi connectivity index (χ1n) is 4.89. The molecule has 0 aliphatic heterocycles. The normalized spacial score (nSPS) is 12.2. The van der Waals surface area contributed by atoms with Gasteiger partial charge in [0, 0.05) is 12.4 Å². The van der Waals surface area contributed by atoms with E-state index in [2.05, 4.69) is 16.9 Å². The van der Waals surface area contributed by atoms with Crippen molar-refractivity contribution in [2.45, 2.75) is 12.5 Å². The lowest BCUT2D eigenvalue weighted by Gasteiger charge is -2.05. The van der Waals surface area contributed by atoms with Gasteiger partial charge in [-0.3, -0.25) is 4.98 Å². The summed E-state index contributed by atoms with van der Waals surface area (Å²) in [5.74, 6) is -0.943. The molecule has 84 valence electrons. The Morgan fingerprint density at radius 2 is 2.50 bits per heavy atom. The maximum Gasteiger partial charge on any atom is 0.330 e. The van der Waals surface area contributed by atoms with Gasteiger partial charge in [-0.05, 0) is 24.3 Å². The first-order valence-corrected chi connectivity index (χ1v) is 4.89. The number of allylic oxidation sites excluding steroid dienone is 1. The fourth-order valence-corrected chi connectivity index (χ4v) is 1.13. The van der Waals surface area contributed by atoms with Gasteiger partial charge in [-0.15, -0.1) is 6.58 Å². The number of nitrogens with one attached hydrogen (secondary N) is 1. The molecule has 1 aromatic heterocycles. The van der Waals surface area contributed by atoms with Gasteiger partial charge in [0.2, 0.25) is 0 Å². The average Bonchev–Trinajstić information content (AvgIpc) is 2.30. The Labute approximate surface area is 94.3 Å². The highest BCUT2D eigenvalue weighted by Crippen LogP contribution is 1.97. The summed E-state index contributed by atoms with van der Waals surface area (Å²) in [5.41, 5.74) is 1.08. The summed E-state index contributed by atoms with van der Waals surface area (Å²) in [7, 11) is 0. The topological polar surface area (TPSA) is 62.2 Å². The van der Waals surface area contributed by atoms with E-state index in [0.717, 1.165) is 5.56 Å². The van der Waals surface area contributed by atoms with Crippen LogP contribution < -0.4 is 5.32 Å². The molecule has 0 amide bonds. The summed E-state index contributed by atoms with van der Waals surface area (Å²) in [6, 6.07) is 3.07. The molecule has 0 bridgehead atoms. The fraction of sp³-hybridized carbons (Fsp3) is 0.167. The fourth-order valence-electron chi connectivity index (χ4n) is 1.13. The van der Waals surface area contributed by atoms with Gasteiger partial charge in [-0.2, -0.15) is 0 Å². The molecule has 0 spiro atoms. The SMILES string of the molecule is C=CC(NC=CCc1cccnc1)C(=O)O. The number of aliphatic carboxylic acids is 1. The van der Waals surface area contributed by atoms with E-state index in [1.807, 2.05) is 18.2 Å². The summed E-state index contributed by atoms with van der Waals surface area (Å²) in [6.07, 6.45) is 9.00. The Bertz CT molecular complexity index is 374. The summed E-state index contributed by atoms with van der Waals surface area (Å²) in [5, 5.41) is 11.4. The molecule has 1 heterocycles.